The van der Waals surface area contributed by atoms with Crippen molar-refractivity contribution in [1.82, 2.24) is 10.2 Å². The van der Waals surface area contributed by atoms with Gasteiger partial charge in [-0.2, -0.15) is 0 Å². The monoisotopic (exact) mass is 512 g/mol. The number of carbonyl (C=O) groups excluding carboxylic acids is 1. The van der Waals surface area contributed by atoms with Gasteiger partial charge in [0.2, 0.25) is 5.13 Å². The molecule has 4 rings (SSSR count). The summed E-state index contributed by atoms with van der Waals surface area (Å²) in [4.78, 5) is 12.6. The molecule has 174 valence electrons. The van der Waals surface area contributed by atoms with Gasteiger partial charge in [0.15, 0.2) is 0 Å². The van der Waals surface area contributed by atoms with Crippen LogP contribution in [-0.4, -0.2) is 24.5 Å². The van der Waals surface area contributed by atoms with Crippen molar-refractivity contribution in [2.24, 2.45) is 0 Å². The first-order valence-corrected chi connectivity index (χ1v) is 12.9. The van der Waals surface area contributed by atoms with Gasteiger partial charge in [0, 0.05) is 11.1 Å². The fraction of sp³-hybridized carbons (Fsp3) is 0.125. The van der Waals surface area contributed by atoms with Crippen LogP contribution in [-0.2, 0) is 10.0 Å². The van der Waals surface area contributed by atoms with Crippen LogP contribution >= 0.6 is 22.9 Å². The highest BCUT2D eigenvalue weighted by Gasteiger charge is 2.22. The summed E-state index contributed by atoms with van der Waals surface area (Å²) in [6.07, 6.45) is 0. The van der Waals surface area contributed by atoms with E-state index in [-0.39, 0.29) is 15.5 Å². The third-order valence-corrected chi connectivity index (χ3v) is 7.80. The lowest BCUT2D eigenvalue weighted by molar-refractivity contribution is 0.102. The molecule has 0 atom stereocenters. The molecule has 0 aliphatic heterocycles. The number of anilines is 2. The number of hydrogen-bond acceptors (Lipinski definition) is 6. The van der Waals surface area contributed by atoms with Crippen molar-refractivity contribution in [3.8, 4) is 10.6 Å². The number of aromatic nitrogens is 2. The van der Waals surface area contributed by atoms with Crippen molar-refractivity contribution in [3.63, 3.8) is 0 Å². The summed E-state index contributed by atoms with van der Waals surface area (Å²) in [7, 11) is -4.03. The molecule has 0 saturated heterocycles. The van der Waals surface area contributed by atoms with E-state index in [9.17, 15) is 13.2 Å². The first-order chi connectivity index (χ1) is 16.1. The zero-order valence-corrected chi connectivity index (χ0v) is 21.0. The number of benzene rings is 3. The van der Waals surface area contributed by atoms with Crippen molar-refractivity contribution in [2.75, 3.05) is 10.0 Å². The largest absolute Gasteiger partial charge is 0.296 e. The molecule has 0 bridgehead atoms. The van der Waals surface area contributed by atoms with Gasteiger partial charge in [0.05, 0.1) is 10.7 Å². The fourth-order valence-electron chi connectivity index (χ4n) is 3.15. The SMILES string of the molecule is Cc1ccc(-c2nnc(NC(=O)c3ccc(Cl)c(S(=O)(=O)Nc4cc(C)ccc4C)c3)s2)cc1. The lowest BCUT2D eigenvalue weighted by Gasteiger charge is -2.13. The van der Waals surface area contributed by atoms with Crippen molar-refractivity contribution >= 4 is 49.7 Å². The lowest BCUT2D eigenvalue weighted by atomic mass is 10.1. The summed E-state index contributed by atoms with van der Waals surface area (Å²) in [5.41, 5.74) is 4.26. The Bertz CT molecular complexity index is 1480. The Labute approximate surface area is 206 Å². The molecule has 0 spiro atoms. The summed E-state index contributed by atoms with van der Waals surface area (Å²) >= 11 is 7.42. The van der Waals surface area contributed by atoms with Crippen LogP contribution in [0.4, 0.5) is 10.8 Å². The van der Waals surface area contributed by atoms with Crippen LogP contribution in [0.3, 0.4) is 0 Å². The first-order valence-electron chi connectivity index (χ1n) is 10.2. The van der Waals surface area contributed by atoms with E-state index >= 15 is 0 Å². The molecule has 1 aromatic heterocycles. The number of sulfonamides is 1. The predicted molar refractivity (Wildman–Crippen MR) is 136 cm³/mol. The Kier molecular flexibility index (Phi) is 6.70. The second kappa shape index (κ2) is 9.54. The minimum absolute atomic E-state index is 0.00642. The van der Waals surface area contributed by atoms with E-state index in [1.54, 1.807) is 13.0 Å². The van der Waals surface area contributed by atoms with Gasteiger partial charge in [0.1, 0.15) is 9.90 Å². The number of amides is 1. The quantitative estimate of drug-likeness (QED) is 0.338. The Morgan fingerprint density at radius 3 is 2.35 bits per heavy atom. The average molecular weight is 513 g/mol. The number of halogens is 1. The van der Waals surface area contributed by atoms with Gasteiger partial charge in [-0.15, -0.1) is 10.2 Å². The molecule has 0 fully saturated rings. The van der Waals surface area contributed by atoms with Crippen LogP contribution in [0.1, 0.15) is 27.0 Å². The van der Waals surface area contributed by atoms with Gasteiger partial charge >= 0.3 is 0 Å². The van der Waals surface area contributed by atoms with Crippen LogP contribution in [0.2, 0.25) is 5.02 Å². The molecule has 3 aromatic carbocycles. The van der Waals surface area contributed by atoms with Crippen molar-refractivity contribution in [1.29, 1.82) is 0 Å². The summed E-state index contributed by atoms with van der Waals surface area (Å²) < 4.78 is 28.7. The van der Waals surface area contributed by atoms with Gasteiger partial charge in [-0.25, -0.2) is 8.42 Å². The van der Waals surface area contributed by atoms with Crippen molar-refractivity contribution in [3.05, 3.63) is 87.9 Å². The number of hydrogen-bond donors (Lipinski definition) is 2. The molecule has 4 aromatic rings. The number of aryl methyl sites for hydroxylation is 3. The van der Waals surface area contributed by atoms with Crippen LogP contribution in [0, 0.1) is 20.8 Å². The molecule has 1 amide bonds. The minimum Gasteiger partial charge on any atom is -0.296 e. The summed E-state index contributed by atoms with van der Waals surface area (Å²) in [5, 5.41) is 11.8. The van der Waals surface area contributed by atoms with E-state index in [1.807, 2.05) is 50.2 Å². The topological polar surface area (TPSA) is 101 Å². The van der Waals surface area contributed by atoms with Crippen molar-refractivity contribution < 1.29 is 13.2 Å². The Morgan fingerprint density at radius 1 is 0.912 bits per heavy atom. The smallest absolute Gasteiger partial charge is 0.263 e. The van der Waals surface area contributed by atoms with Crippen LogP contribution in [0.5, 0.6) is 0 Å². The van der Waals surface area contributed by atoms with Gasteiger partial charge in [-0.05, 0) is 56.2 Å². The average Bonchev–Trinajstić information content (AvgIpc) is 3.25. The molecular formula is C24H21ClN4O3S2. The molecule has 0 aliphatic rings. The summed E-state index contributed by atoms with van der Waals surface area (Å²) in [6.45, 7) is 5.66. The molecule has 10 heteroatoms. The Morgan fingerprint density at radius 2 is 1.62 bits per heavy atom. The molecular weight excluding hydrogens is 492 g/mol. The first kappa shape index (κ1) is 23.9. The third-order valence-electron chi connectivity index (χ3n) is 5.06. The molecule has 1 heterocycles. The van der Waals surface area contributed by atoms with Crippen LogP contribution in [0.15, 0.2) is 65.6 Å². The Hall–Kier alpha value is -3.27. The second-order valence-electron chi connectivity index (χ2n) is 7.80. The fourth-order valence-corrected chi connectivity index (χ4v) is 5.54. The molecule has 0 radical (unpaired) electrons. The van der Waals surface area contributed by atoms with E-state index in [2.05, 4.69) is 20.2 Å². The van der Waals surface area contributed by atoms with Gasteiger partial charge in [-0.3, -0.25) is 14.8 Å². The number of nitrogens with one attached hydrogen (secondary N) is 2. The summed E-state index contributed by atoms with van der Waals surface area (Å²) in [5.74, 6) is -0.522. The number of rotatable bonds is 6. The zero-order valence-electron chi connectivity index (χ0n) is 18.6. The highest BCUT2D eigenvalue weighted by Crippen LogP contribution is 2.29. The molecule has 0 unspecified atom stereocenters. The molecule has 34 heavy (non-hydrogen) atoms. The number of carbonyl (C=O) groups is 1. The van der Waals surface area contributed by atoms with Crippen LogP contribution in [0.25, 0.3) is 10.6 Å². The van der Waals surface area contributed by atoms with Gasteiger partial charge in [-0.1, -0.05) is 64.9 Å². The maximum atomic E-state index is 13.1. The summed E-state index contributed by atoms with van der Waals surface area (Å²) in [6, 6.07) is 17.3. The predicted octanol–water partition coefficient (Wildman–Crippen LogP) is 5.84. The van der Waals surface area contributed by atoms with E-state index in [4.69, 9.17) is 11.6 Å². The minimum atomic E-state index is -4.03. The normalized spacial score (nSPS) is 11.3. The third kappa shape index (κ3) is 5.27. The number of nitrogens with zero attached hydrogens (tertiary/aromatic N) is 2. The molecule has 0 aliphatic carbocycles. The Balaban J connectivity index is 1.56. The van der Waals surface area contributed by atoms with Gasteiger partial charge < -0.3 is 0 Å². The van der Waals surface area contributed by atoms with E-state index in [0.29, 0.717) is 15.8 Å². The van der Waals surface area contributed by atoms with Crippen molar-refractivity contribution in [2.45, 2.75) is 25.7 Å². The highest BCUT2D eigenvalue weighted by atomic mass is 35.5. The van der Waals surface area contributed by atoms with E-state index in [0.717, 1.165) is 22.3 Å². The van der Waals surface area contributed by atoms with E-state index in [1.165, 1.54) is 29.5 Å². The standard InChI is InChI=1S/C24H21ClN4O3S2/c1-14-5-8-17(9-6-14)23-27-28-24(33-23)26-22(30)18-10-11-19(25)21(13-18)34(31,32)29-20-12-15(2)4-7-16(20)3/h4-13,29H,1-3H3,(H,26,28,30). The van der Waals surface area contributed by atoms with Gasteiger partial charge in [0.25, 0.3) is 15.9 Å². The maximum Gasteiger partial charge on any atom is 0.263 e. The second-order valence-corrected chi connectivity index (χ2v) is 10.8. The maximum absolute atomic E-state index is 13.1. The van der Waals surface area contributed by atoms with E-state index < -0.39 is 15.9 Å². The highest BCUT2D eigenvalue weighted by molar-refractivity contribution is 7.92. The lowest BCUT2D eigenvalue weighted by Crippen LogP contribution is -2.17. The molecule has 0 saturated carbocycles. The molecule has 7 nitrogen and oxygen atoms in total. The van der Waals surface area contributed by atoms with Crippen LogP contribution < -0.4 is 10.0 Å². The molecule has 2 N–H and O–H groups in total. The zero-order chi connectivity index (χ0) is 24.5.